The maximum absolute atomic E-state index is 13.4. The van der Waals surface area contributed by atoms with Gasteiger partial charge in [-0.15, -0.1) is 0 Å². The zero-order chi connectivity index (χ0) is 29.6. The number of ether oxygens (including phenoxy) is 3. The minimum Gasteiger partial charge on any atom is -0.493 e. The second kappa shape index (κ2) is 13.2. The van der Waals surface area contributed by atoms with E-state index in [1.54, 1.807) is 30.5 Å². The summed E-state index contributed by atoms with van der Waals surface area (Å²) in [6.07, 6.45) is 1.91. The average Bonchev–Trinajstić information content (AvgIpc) is 3.39. The molecule has 3 aromatic rings. The Labute approximate surface area is 240 Å². The molecule has 4 rings (SSSR count). The highest BCUT2D eigenvalue weighted by atomic mass is 28.3. The van der Waals surface area contributed by atoms with Gasteiger partial charge in [0, 0.05) is 44.2 Å². The minimum atomic E-state index is -4.54. The Balaban J connectivity index is 1.34. The van der Waals surface area contributed by atoms with E-state index in [0.29, 0.717) is 36.0 Å². The summed E-state index contributed by atoms with van der Waals surface area (Å²) in [5.41, 5.74) is 0.964. The summed E-state index contributed by atoms with van der Waals surface area (Å²) in [5, 5.41) is 0. The van der Waals surface area contributed by atoms with Crippen LogP contribution in [0.15, 0.2) is 48.8 Å². The number of methoxy groups -OCH3 is 1. The molecule has 1 aliphatic carbocycles. The van der Waals surface area contributed by atoms with Crippen molar-refractivity contribution in [1.29, 1.82) is 0 Å². The smallest absolute Gasteiger partial charge is 0.434 e. The Kier molecular flexibility index (Phi) is 9.91. The lowest BCUT2D eigenvalue weighted by atomic mass is 9.80. The third-order valence-electron chi connectivity index (χ3n) is 7.34. The van der Waals surface area contributed by atoms with Gasteiger partial charge in [0.1, 0.15) is 18.3 Å². The van der Waals surface area contributed by atoms with Gasteiger partial charge in [0.15, 0.2) is 5.69 Å². The molecule has 0 bridgehead atoms. The van der Waals surface area contributed by atoms with Crippen molar-refractivity contribution in [2.45, 2.75) is 70.2 Å². The molecule has 0 radical (unpaired) electrons. The van der Waals surface area contributed by atoms with Crippen LogP contribution in [-0.4, -0.2) is 48.9 Å². The van der Waals surface area contributed by atoms with Gasteiger partial charge in [0.25, 0.3) is 0 Å². The summed E-state index contributed by atoms with van der Waals surface area (Å²) in [5.74, 6) is 1.10. The normalized spacial score (nSPS) is 17.8. The summed E-state index contributed by atoms with van der Waals surface area (Å²) >= 11 is 0. The third-order valence-corrected chi connectivity index (χ3v) is 9.05. The summed E-state index contributed by atoms with van der Waals surface area (Å²) in [6, 6.07) is 11.6. The lowest BCUT2D eigenvalue weighted by Gasteiger charge is -2.28. The molecule has 0 N–H and O–H groups in total. The SMILES string of the molecule is COC(=O)c1cccc(OCC2CCC(c3ccc(-c4nc(C(F)(F)F)cn4COCC[Si](C)(C)C)cn3)CC2)c1. The van der Waals surface area contributed by atoms with Crippen LogP contribution >= 0.6 is 0 Å². The monoisotopic (exact) mass is 589 g/mol. The Morgan fingerprint density at radius 1 is 1.10 bits per heavy atom. The van der Waals surface area contributed by atoms with Gasteiger partial charge in [-0.2, -0.15) is 13.2 Å². The number of hydrogen-bond acceptors (Lipinski definition) is 6. The molecule has 2 heterocycles. The highest BCUT2D eigenvalue weighted by Gasteiger charge is 2.35. The highest BCUT2D eigenvalue weighted by molar-refractivity contribution is 6.76. The number of halogens is 3. The van der Waals surface area contributed by atoms with Crippen LogP contribution in [0.1, 0.15) is 53.3 Å². The van der Waals surface area contributed by atoms with Crippen molar-refractivity contribution in [1.82, 2.24) is 14.5 Å². The van der Waals surface area contributed by atoms with Gasteiger partial charge < -0.3 is 18.8 Å². The largest absolute Gasteiger partial charge is 0.493 e. The summed E-state index contributed by atoms with van der Waals surface area (Å²) in [6.45, 7) is 7.74. The first-order valence-corrected chi connectivity index (χ1v) is 17.6. The molecule has 0 aliphatic heterocycles. The van der Waals surface area contributed by atoms with Crippen LogP contribution in [-0.2, 0) is 22.4 Å². The molecule has 1 aliphatic rings. The molecule has 0 spiro atoms. The number of hydrogen-bond donors (Lipinski definition) is 0. The van der Waals surface area contributed by atoms with Crippen LogP contribution < -0.4 is 4.74 Å². The van der Waals surface area contributed by atoms with Crippen molar-refractivity contribution in [2.75, 3.05) is 20.3 Å². The fraction of sp³-hybridized carbons (Fsp3) is 0.500. The molecule has 0 amide bonds. The summed E-state index contributed by atoms with van der Waals surface area (Å²) < 4.78 is 58.2. The van der Waals surface area contributed by atoms with Gasteiger partial charge >= 0.3 is 12.1 Å². The lowest BCUT2D eigenvalue weighted by Crippen LogP contribution is -2.22. The van der Waals surface area contributed by atoms with Crippen molar-refractivity contribution < 1.29 is 32.2 Å². The minimum absolute atomic E-state index is 0.00368. The molecule has 1 aromatic carbocycles. The number of aromatic nitrogens is 3. The van der Waals surface area contributed by atoms with Gasteiger partial charge in [-0.1, -0.05) is 25.7 Å². The van der Waals surface area contributed by atoms with Crippen molar-refractivity contribution in [3.63, 3.8) is 0 Å². The van der Waals surface area contributed by atoms with Crippen LogP contribution in [0.3, 0.4) is 0 Å². The second-order valence-corrected chi connectivity index (χ2v) is 17.4. The predicted octanol–water partition coefficient (Wildman–Crippen LogP) is 7.42. The Hall–Kier alpha value is -3.18. The molecule has 222 valence electrons. The number of rotatable bonds is 11. The first-order valence-electron chi connectivity index (χ1n) is 13.9. The standard InChI is InChI=1S/C30H38F3N3O4Si/c1-38-29(37)23-6-5-7-25(16-23)40-19-21-8-10-22(11-9-21)26-13-12-24(17-34-26)28-35-27(30(31,32)33)18-36(28)20-39-14-15-41(2,3)4/h5-7,12-13,16-18,21-22H,8-11,14-15,19-20H2,1-4H3. The number of carbonyl (C=O) groups is 1. The molecule has 1 fully saturated rings. The van der Waals surface area contributed by atoms with E-state index in [1.165, 1.54) is 11.7 Å². The maximum Gasteiger partial charge on any atom is 0.434 e. The van der Waals surface area contributed by atoms with E-state index in [9.17, 15) is 18.0 Å². The fourth-order valence-electron chi connectivity index (χ4n) is 4.87. The van der Waals surface area contributed by atoms with E-state index >= 15 is 0 Å². The number of nitrogens with zero attached hydrogens (tertiary/aromatic N) is 3. The van der Waals surface area contributed by atoms with Crippen LogP contribution in [0.5, 0.6) is 5.75 Å². The topological polar surface area (TPSA) is 75.5 Å². The van der Waals surface area contributed by atoms with Gasteiger partial charge in [-0.25, -0.2) is 9.78 Å². The van der Waals surface area contributed by atoms with Gasteiger partial charge in [0.2, 0.25) is 0 Å². The predicted molar refractivity (Wildman–Crippen MR) is 153 cm³/mol. The van der Waals surface area contributed by atoms with Gasteiger partial charge in [-0.3, -0.25) is 4.98 Å². The molecule has 0 unspecified atom stereocenters. The Morgan fingerprint density at radius 3 is 2.49 bits per heavy atom. The quantitative estimate of drug-likeness (QED) is 0.132. The molecular formula is C30H38F3N3O4Si. The van der Waals surface area contributed by atoms with E-state index in [2.05, 4.69) is 29.6 Å². The fourth-order valence-corrected chi connectivity index (χ4v) is 5.63. The molecule has 0 atom stereocenters. The van der Waals surface area contributed by atoms with E-state index in [4.69, 9.17) is 14.2 Å². The molecular weight excluding hydrogens is 551 g/mol. The number of carbonyl (C=O) groups excluding carboxylic acids is 1. The van der Waals surface area contributed by atoms with Gasteiger partial charge in [0.05, 0.1) is 19.3 Å². The molecule has 0 saturated heterocycles. The Bertz CT molecular complexity index is 1300. The summed E-state index contributed by atoms with van der Waals surface area (Å²) in [7, 11) is 0.0334. The number of esters is 1. The molecule has 41 heavy (non-hydrogen) atoms. The van der Waals surface area contributed by atoms with E-state index in [0.717, 1.165) is 43.6 Å². The number of alkyl halides is 3. The molecule has 1 saturated carbocycles. The van der Waals surface area contributed by atoms with E-state index < -0.39 is 25.9 Å². The molecule has 7 nitrogen and oxygen atoms in total. The number of benzene rings is 1. The first-order chi connectivity index (χ1) is 19.4. The summed E-state index contributed by atoms with van der Waals surface area (Å²) in [4.78, 5) is 20.3. The Morgan fingerprint density at radius 2 is 1.85 bits per heavy atom. The van der Waals surface area contributed by atoms with Gasteiger partial charge in [-0.05, 0) is 68.0 Å². The van der Waals surface area contributed by atoms with Crippen molar-refractivity contribution in [3.05, 3.63) is 65.7 Å². The van der Waals surface area contributed by atoms with E-state index in [-0.39, 0.29) is 18.5 Å². The van der Waals surface area contributed by atoms with Crippen molar-refractivity contribution in [2.24, 2.45) is 5.92 Å². The highest BCUT2D eigenvalue weighted by Crippen LogP contribution is 2.36. The second-order valence-electron chi connectivity index (χ2n) is 11.8. The maximum atomic E-state index is 13.4. The molecule has 2 aromatic heterocycles. The zero-order valence-corrected chi connectivity index (χ0v) is 25.0. The van der Waals surface area contributed by atoms with Crippen LogP contribution in [0, 0.1) is 5.92 Å². The van der Waals surface area contributed by atoms with E-state index in [1.807, 2.05) is 12.1 Å². The van der Waals surface area contributed by atoms with Crippen LogP contribution in [0.2, 0.25) is 25.7 Å². The third kappa shape index (κ3) is 8.65. The lowest BCUT2D eigenvalue weighted by molar-refractivity contribution is -0.141. The van der Waals surface area contributed by atoms with Crippen molar-refractivity contribution in [3.8, 4) is 17.1 Å². The molecule has 11 heteroatoms. The average molecular weight is 590 g/mol. The first kappa shape index (κ1) is 30.8. The van der Waals surface area contributed by atoms with Crippen LogP contribution in [0.25, 0.3) is 11.4 Å². The number of pyridine rings is 1. The van der Waals surface area contributed by atoms with Crippen molar-refractivity contribution >= 4 is 14.0 Å². The number of imidazole rings is 1. The zero-order valence-electron chi connectivity index (χ0n) is 24.0. The van der Waals surface area contributed by atoms with Crippen LogP contribution in [0.4, 0.5) is 13.2 Å².